The number of hydrogen-bond acceptors (Lipinski definition) is 5. The standard InChI is InChI=1S/C10H19N5O/c1-9-12-14-15(13-9)5-6-16-8-10-3-2-4-11-7-10/h10-11H,2-8H2,1H3/t10-/m0/s1. The number of nitrogens with one attached hydrogen (secondary N) is 1. The quantitative estimate of drug-likeness (QED) is 0.714. The number of ether oxygens (including phenoxy) is 1. The van der Waals surface area contributed by atoms with Crippen molar-refractivity contribution in [2.75, 3.05) is 26.3 Å². The lowest BCUT2D eigenvalue weighted by Crippen LogP contribution is -2.32. The van der Waals surface area contributed by atoms with Crippen LogP contribution in [0.2, 0.25) is 0 Å². The van der Waals surface area contributed by atoms with E-state index in [-0.39, 0.29) is 0 Å². The summed E-state index contributed by atoms with van der Waals surface area (Å²) in [5.74, 6) is 1.37. The summed E-state index contributed by atoms with van der Waals surface area (Å²) in [6.45, 7) is 6.24. The van der Waals surface area contributed by atoms with Gasteiger partial charge in [-0.25, -0.2) is 0 Å². The third-order valence-corrected chi connectivity index (χ3v) is 2.74. The fourth-order valence-electron chi connectivity index (χ4n) is 1.88. The highest BCUT2D eigenvalue weighted by Gasteiger charge is 2.12. The van der Waals surface area contributed by atoms with Gasteiger partial charge in [-0.15, -0.1) is 10.2 Å². The second kappa shape index (κ2) is 5.91. The van der Waals surface area contributed by atoms with Gasteiger partial charge in [0.2, 0.25) is 0 Å². The summed E-state index contributed by atoms with van der Waals surface area (Å²) in [6.07, 6.45) is 2.53. The SMILES string of the molecule is Cc1nnn(CCOC[C@H]2CCCNC2)n1. The van der Waals surface area contributed by atoms with Crippen LogP contribution in [0, 0.1) is 12.8 Å². The third-order valence-electron chi connectivity index (χ3n) is 2.74. The van der Waals surface area contributed by atoms with Gasteiger partial charge in [-0.3, -0.25) is 0 Å². The Balaban J connectivity index is 1.57. The molecule has 0 bridgehead atoms. The molecule has 1 aromatic heterocycles. The van der Waals surface area contributed by atoms with Crippen molar-refractivity contribution in [2.24, 2.45) is 5.92 Å². The van der Waals surface area contributed by atoms with Crippen molar-refractivity contribution in [3.8, 4) is 0 Å². The molecule has 1 aliphatic rings. The highest BCUT2D eigenvalue weighted by Crippen LogP contribution is 2.09. The van der Waals surface area contributed by atoms with Gasteiger partial charge >= 0.3 is 0 Å². The minimum atomic E-state index is 0.659. The van der Waals surface area contributed by atoms with Gasteiger partial charge in [-0.05, 0) is 37.4 Å². The summed E-state index contributed by atoms with van der Waals surface area (Å²) < 4.78 is 5.62. The zero-order valence-corrected chi connectivity index (χ0v) is 9.72. The van der Waals surface area contributed by atoms with Gasteiger partial charge in [-0.2, -0.15) is 4.80 Å². The van der Waals surface area contributed by atoms with Crippen LogP contribution in [0.4, 0.5) is 0 Å². The number of aryl methyl sites for hydroxylation is 1. The Kier molecular flexibility index (Phi) is 4.24. The first-order valence-electron chi connectivity index (χ1n) is 5.87. The van der Waals surface area contributed by atoms with Gasteiger partial charge < -0.3 is 10.1 Å². The summed E-state index contributed by atoms with van der Waals surface area (Å²) >= 11 is 0. The van der Waals surface area contributed by atoms with Crippen molar-refractivity contribution in [3.63, 3.8) is 0 Å². The molecule has 0 saturated carbocycles. The minimum absolute atomic E-state index is 0.659. The molecule has 0 radical (unpaired) electrons. The van der Waals surface area contributed by atoms with Crippen LogP contribution in [-0.2, 0) is 11.3 Å². The Bertz CT molecular complexity index is 308. The first-order valence-corrected chi connectivity index (χ1v) is 5.87. The third kappa shape index (κ3) is 3.53. The highest BCUT2D eigenvalue weighted by atomic mass is 16.5. The molecular weight excluding hydrogens is 206 g/mol. The number of nitrogens with zero attached hydrogens (tertiary/aromatic N) is 4. The van der Waals surface area contributed by atoms with Crippen LogP contribution in [0.5, 0.6) is 0 Å². The molecule has 0 aliphatic carbocycles. The van der Waals surface area contributed by atoms with Gasteiger partial charge in [0.25, 0.3) is 0 Å². The summed E-state index contributed by atoms with van der Waals surface area (Å²) in [5, 5.41) is 15.2. The van der Waals surface area contributed by atoms with Crippen molar-refractivity contribution in [1.29, 1.82) is 0 Å². The van der Waals surface area contributed by atoms with Crippen LogP contribution in [0.15, 0.2) is 0 Å². The Labute approximate surface area is 95.4 Å². The van der Waals surface area contributed by atoms with Gasteiger partial charge in [0.15, 0.2) is 5.82 Å². The minimum Gasteiger partial charge on any atom is -0.379 e. The maximum absolute atomic E-state index is 5.62. The number of piperidine rings is 1. The van der Waals surface area contributed by atoms with Gasteiger partial charge in [-0.1, -0.05) is 0 Å². The van der Waals surface area contributed by atoms with E-state index >= 15 is 0 Å². The first-order chi connectivity index (χ1) is 7.84. The molecule has 16 heavy (non-hydrogen) atoms. The maximum atomic E-state index is 5.62. The van der Waals surface area contributed by atoms with Crippen LogP contribution in [-0.4, -0.2) is 46.5 Å². The molecule has 1 N–H and O–H groups in total. The molecule has 6 heteroatoms. The van der Waals surface area contributed by atoms with Gasteiger partial charge in [0, 0.05) is 6.54 Å². The molecule has 0 aromatic carbocycles. The van der Waals surface area contributed by atoms with E-state index in [1.807, 2.05) is 6.92 Å². The number of hydrogen-bond donors (Lipinski definition) is 1. The van der Waals surface area contributed by atoms with E-state index < -0.39 is 0 Å². The predicted octanol–water partition coefficient (Wildman–Crippen LogP) is -0.00228. The maximum Gasteiger partial charge on any atom is 0.171 e. The first kappa shape index (κ1) is 11.5. The average Bonchev–Trinajstić information content (AvgIpc) is 2.72. The second-order valence-corrected chi connectivity index (χ2v) is 4.22. The molecule has 1 saturated heterocycles. The van der Waals surface area contributed by atoms with Gasteiger partial charge in [0.05, 0.1) is 19.8 Å². The lowest BCUT2D eigenvalue weighted by Gasteiger charge is -2.22. The van der Waals surface area contributed by atoms with Crippen LogP contribution in [0.3, 0.4) is 0 Å². The molecule has 0 spiro atoms. The highest BCUT2D eigenvalue weighted by molar-refractivity contribution is 4.68. The molecule has 1 aromatic rings. The largest absolute Gasteiger partial charge is 0.379 e. The van der Waals surface area contributed by atoms with Gasteiger partial charge in [0.1, 0.15) is 0 Å². The molecule has 6 nitrogen and oxygen atoms in total. The normalized spacial score (nSPS) is 21.2. The summed E-state index contributed by atoms with van der Waals surface area (Å²) in [7, 11) is 0. The Morgan fingerprint density at radius 3 is 3.19 bits per heavy atom. The number of aromatic nitrogens is 4. The molecule has 1 aliphatic heterocycles. The smallest absolute Gasteiger partial charge is 0.171 e. The van der Waals surface area contributed by atoms with E-state index in [4.69, 9.17) is 4.74 Å². The van der Waals surface area contributed by atoms with Crippen molar-refractivity contribution >= 4 is 0 Å². The van der Waals surface area contributed by atoms with Crippen molar-refractivity contribution in [3.05, 3.63) is 5.82 Å². The zero-order valence-electron chi connectivity index (χ0n) is 9.72. The topological polar surface area (TPSA) is 64.9 Å². The molecule has 1 atom stereocenters. The van der Waals surface area contributed by atoms with E-state index in [0.29, 0.717) is 24.9 Å². The van der Waals surface area contributed by atoms with Crippen molar-refractivity contribution in [1.82, 2.24) is 25.5 Å². The van der Waals surface area contributed by atoms with E-state index in [2.05, 4.69) is 20.7 Å². The van der Waals surface area contributed by atoms with Crippen LogP contribution >= 0.6 is 0 Å². The van der Waals surface area contributed by atoms with Crippen LogP contribution in [0.25, 0.3) is 0 Å². The van der Waals surface area contributed by atoms with E-state index in [1.165, 1.54) is 12.8 Å². The molecular formula is C10H19N5O. The fourth-order valence-corrected chi connectivity index (χ4v) is 1.88. The monoisotopic (exact) mass is 225 g/mol. The Hall–Kier alpha value is -1.01. The summed E-state index contributed by atoms with van der Waals surface area (Å²) in [5.41, 5.74) is 0. The number of tetrazole rings is 1. The summed E-state index contributed by atoms with van der Waals surface area (Å²) in [6, 6.07) is 0. The lowest BCUT2D eigenvalue weighted by molar-refractivity contribution is 0.0801. The molecule has 90 valence electrons. The predicted molar refractivity (Wildman–Crippen MR) is 59.0 cm³/mol. The Morgan fingerprint density at radius 2 is 2.50 bits per heavy atom. The van der Waals surface area contributed by atoms with Crippen LogP contribution < -0.4 is 5.32 Å². The van der Waals surface area contributed by atoms with E-state index in [1.54, 1.807) is 4.80 Å². The molecule has 0 unspecified atom stereocenters. The van der Waals surface area contributed by atoms with E-state index in [9.17, 15) is 0 Å². The lowest BCUT2D eigenvalue weighted by atomic mass is 10.0. The molecule has 1 fully saturated rings. The second-order valence-electron chi connectivity index (χ2n) is 4.22. The zero-order chi connectivity index (χ0) is 11.2. The number of rotatable bonds is 5. The van der Waals surface area contributed by atoms with Crippen molar-refractivity contribution in [2.45, 2.75) is 26.3 Å². The average molecular weight is 225 g/mol. The molecule has 0 amide bonds. The fraction of sp³-hybridized carbons (Fsp3) is 0.900. The van der Waals surface area contributed by atoms with Crippen molar-refractivity contribution < 1.29 is 4.74 Å². The summed E-state index contributed by atoms with van der Waals surface area (Å²) in [4.78, 5) is 1.58. The van der Waals surface area contributed by atoms with Crippen LogP contribution in [0.1, 0.15) is 18.7 Å². The molecule has 2 rings (SSSR count). The van der Waals surface area contributed by atoms with E-state index in [0.717, 1.165) is 19.7 Å². The molecule has 2 heterocycles. The Morgan fingerprint density at radius 1 is 1.56 bits per heavy atom.